The third-order valence-corrected chi connectivity index (χ3v) is 3.79. The molecule has 0 spiro atoms. The molecule has 1 fully saturated rings. The van der Waals surface area contributed by atoms with E-state index < -0.39 is 23.8 Å². The van der Waals surface area contributed by atoms with Gasteiger partial charge in [0.2, 0.25) is 0 Å². The Balaban J connectivity index is 1.90. The number of nitrogens with zero attached hydrogens (tertiary/aromatic N) is 2. The van der Waals surface area contributed by atoms with Gasteiger partial charge in [0.15, 0.2) is 5.78 Å². The number of halogens is 2. The Hall–Kier alpha value is -2.48. The van der Waals surface area contributed by atoms with Gasteiger partial charge in [-0.05, 0) is 6.08 Å². The number of carbonyl (C=O) groups excluding carboxylic acids is 2. The standard InChI is InChI=1S/C15H15F2N3O3/c16-11-6-14(20-8-10(7-18)23-15(20)22)12(17)5-13(11)19-3-1-9(21)2-4-19/h1,3,5-6,10H,2,4,7-8,18H2/t10-/m0/s1. The van der Waals surface area contributed by atoms with Crippen molar-refractivity contribution in [1.82, 2.24) is 0 Å². The van der Waals surface area contributed by atoms with E-state index in [1.54, 1.807) is 0 Å². The number of benzene rings is 1. The molecular weight excluding hydrogens is 308 g/mol. The van der Waals surface area contributed by atoms with E-state index in [9.17, 15) is 18.4 Å². The topological polar surface area (TPSA) is 75.9 Å². The maximum absolute atomic E-state index is 14.4. The smallest absolute Gasteiger partial charge is 0.414 e. The number of rotatable bonds is 3. The lowest BCUT2D eigenvalue weighted by atomic mass is 10.1. The van der Waals surface area contributed by atoms with Crippen LogP contribution in [0, 0.1) is 11.6 Å². The van der Waals surface area contributed by atoms with Gasteiger partial charge in [0.25, 0.3) is 0 Å². The molecule has 1 saturated heterocycles. The van der Waals surface area contributed by atoms with E-state index in [-0.39, 0.29) is 43.2 Å². The van der Waals surface area contributed by atoms with Crippen LogP contribution in [0.5, 0.6) is 0 Å². The first-order valence-corrected chi connectivity index (χ1v) is 7.14. The summed E-state index contributed by atoms with van der Waals surface area (Å²) in [5.74, 6) is -1.50. The molecule has 122 valence electrons. The van der Waals surface area contributed by atoms with Crippen LogP contribution in [0.25, 0.3) is 0 Å². The minimum Gasteiger partial charge on any atom is -0.443 e. The number of cyclic esters (lactones) is 1. The van der Waals surface area contributed by atoms with E-state index in [4.69, 9.17) is 10.5 Å². The van der Waals surface area contributed by atoms with Gasteiger partial charge in [-0.3, -0.25) is 9.69 Å². The summed E-state index contributed by atoms with van der Waals surface area (Å²) in [7, 11) is 0. The van der Waals surface area contributed by atoms with E-state index in [1.165, 1.54) is 17.2 Å². The molecule has 0 bridgehead atoms. The van der Waals surface area contributed by atoms with Gasteiger partial charge in [0.1, 0.15) is 17.7 Å². The highest BCUT2D eigenvalue weighted by Crippen LogP contribution is 2.31. The van der Waals surface area contributed by atoms with Crippen molar-refractivity contribution in [2.24, 2.45) is 5.73 Å². The van der Waals surface area contributed by atoms with Gasteiger partial charge in [-0.15, -0.1) is 0 Å². The first kappa shape index (κ1) is 15.4. The van der Waals surface area contributed by atoms with Crippen LogP contribution in [0.1, 0.15) is 6.42 Å². The predicted octanol–water partition coefficient (Wildman–Crippen LogP) is 1.54. The Morgan fingerprint density at radius 2 is 1.91 bits per heavy atom. The minimum atomic E-state index is -0.755. The molecule has 2 aliphatic rings. The predicted molar refractivity (Wildman–Crippen MR) is 79.1 cm³/mol. The molecule has 2 N–H and O–H groups in total. The molecule has 8 heteroatoms. The van der Waals surface area contributed by atoms with Crippen LogP contribution in [0.2, 0.25) is 0 Å². The maximum atomic E-state index is 14.4. The Morgan fingerprint density at radius 1 is 1.22 bits per heavy atom. The minimum absolute atomic E-state index is 0.0120. The Kier molecular flexibility index (Phi) is 3.99. The molecule has 2 heterocycles. The van der Waals surface area contributed by atoms with Crippen molar-refractivity contribution < 1.29 is 23.1 Å². The van der Waals surface area contributed by atoms with Crippen LogP contribution in [-0.4, -0.2) is 37.6 Å². The number of amides is 1. The highest BCUT2D eigenvalue weighted by Gasteiger charge is 2.34. The summed E-state index contributed by atoms with van der Waals surface area (Å²) < 4.78 is 33.6. The molecule has 6 nitrogen and oxygen atoms in total. The Bertz CT molecular complexity index is 693. The van der Waals surface area contributed by atoms with Crippen LogP contribution < -0.4 is 15.5 Å². The summed E-state index contributed by atoms with van der Waals surface area (Å²) in [6.07, 6.45) is 1.67. The van der Waals surface area contributed by atoms with Crippen molar-refractivity contribution >= 4 is 23.3 Å². The molecule has 1 aromatic carbocycles. The molecule has 0 radical (unpaired) electrons. The highest BCUT2D eigenvalue weighted by molar-refractivity contribution is 5.92. The van der Waals surface area contributed by atoms with Gasteiger partial charge in [0, 0.05) is 37.8 Å². The van der Waals surface area contributed by atoms with Gasteiger partial charge in [-0.25, -0.2) is 13.6 Å². The SMILES string of the molecule is NC[C@H]1CN(c2cc(F)c(N3C=CC(=O)CC3)cc2F)C(=O)O1. The Morgan fingerprint density at radius 3 is 2.52 bits per heavy atom. The fourth-order valence-corrected chi connectivity index (χ4v) is 2.56. The second-order valence-corrected chi connectivity index (χ2v) is 5.33. The quantitative estimate of drug-likeness (QED) is 0.913. The lowest BCUT2D eigenvalue weighted by Crippen LogP contribution is -2.29. The molecule has 2 aliphatic heterocycles. The summed E-state index contributed by atoms with van der Waals surface area (Å²) in [6.45, 7) is 0.451. The Labute approximate surface area is 131 Å². The van der Waals surface area contributed by atoms with E-state index in [1.807, 2.05) is 0 Å². The third-order valence-electron chi connectivity index (χ3n) is 3.79. The van der Waals surface area contributed by atoms with E-state index >= 15 is 0 Å². The van der Waals surface area contributed by atoms with Gasteiger partial charge in [0.05, 0.1) is 17.9 Å². The molecule has 23 heavy (non-hydrogen) atoms. The molecule has 0 unspecified atom stereocenters. The molecule has 0 aromatic heterocycles. The van der Waals surface area contributed by atoms with Gasteiger partial charge >= 0.3 is 6.09 Å². The molecule has 1 amide bonds. The monoisotopic (exact) mass is 323 g/mol. The molecule has 3 rings (SSSR count). The summed E-state index contributed by atoms with van der Waals surface area (Å²) in [5.41, 5.74) is 5.25. The number of ketones is 1. The van der Waals surface area contributed by atoms with Crippen LogP contribution in [0.4, 0.5) is 25.0 Å². The van der Waals surface area contributed by atoms with Crippen LogP contribution >= 0.6 is 0 Å². The molecule has 1 atom stereocenters. The zero-order chi connectivity index (χ0) is 16.6. The molecule has 0 aliphatic carbocycles. The van der Waals surface area contributed by atoms with Crippen LogP contribution in [0.15, 0.2) is 24.4 Å². The lowest BCUT2D eigenvalue weighted by molar-refractivity contribution is -0.114. The second kappa shape index (κ2) is 5.96. The summed E-state index contributed by atoms with van der Waals surface area (Å²) in [6, 6.07) is 1.96. The van der Waals surface area contributed by atoms with Crippen molar-refractivity contribution in [2.45, 2.75) is 12.5 Å². The number of hydrogen-bond acceptors (Lipinski definition) is 5. The molecule has 0 saturated carbocycles. The summed E-state index contributed by atoms with van der Waals surface area (Å²) in [4.78, 5) is 25.4. The first-order valence-electron chi connectivity index (χ1n) is 7.14. The van der Waals surface area contributed by atoms with E-state index in [0.717, 1.165) is 17.0 Å². The van der Waals surface area contributed by atoms with Crippen molar-refractivity contribution in [3.63, 3.8) is 0 Å². The van der Waals surface area contributed by atoms with Crippen molar-refractivity contribution in [1.29, 1.82) is 0 Å². The average Bonchev–Trinajstić information content (AvgIpc) is 2.91. The number of ether oxygens (including phenoxy) is 1. The zero-order valence-corrected chi connectivity index (χ0v) is 12.2. The van der Waals surface area contributed by atoms with Crippen molar-refractivity contribution in [3.8, 4) is 0 Å². The van der Waals surface area contributed by atoms with Crippen molar-refractivity contribution in [3.05, 3.63) is 36.0 Å². The van der Waals surface area contributed by atoms with Gasteiger partial charge in [-0.2, -0.15) is 0 Å². The lowest BCUT2D eigenvalue weighted by Gasteiger charge is -2.24. The number of hydrogen-bond donors (Lipinski definition) is 1. The largest absolute Gasteiger partial charge is 0.443 e. The van der Waals surface area contributed by atoms with Crippen LogP contribution in [-0.2, 0) is 9.53 Å². The van der Waals surface area contributed by atoms with Crippen LogP contribution in [0.3, 0.4) is 0 Å². The first-order chi connectivity index (χ1) is 11.0. The molecule has 1 aromatic rings. The summed E-state index contributed by atoms with van der Waals surface area (Å²) in [5, 5.41) is 0. The van der Waals surface area contributed by atoms with Gasteiger partial charge in [-0.1, -0.05) is 0 Å². The van der Waals surface area contributed by atoms with Gasteiger partial charge < -0.3 is 15.4 Å². The molecular formula is C15H15F2N3O3. The fourth-order valence-electron chi connectivity index (χ4n) is 2.56. The number of allylic oxidation sites excluding steroid dienone is 1. The zero-order valence-electron chi connectivity index (χ0n) is 12.2. The van der Waals surface area contributed by atoms with E-state index in [0.29, 0.717) is 0 Å². The number of carbonyl (C=O) groups is 2. The second-order valence-electron chi connectivity index (χ2n) is 5.33. The average molecular weight is 323 g/mol. The van der Waals surface area contributed by atoms with E-state index in [2.05, 4.69) is 0 Å². The van der Waals surface area contributed by atoms with Crippen molar-refractivity contribution in [2.75, 3.05) is 29.4 Å². The third kappa shape index (κ3) is 2.89. The fraction of sp³-hybridized carbons (Fsp3) is 0.333. The summed E-state index contributed by atoms with van der Waals surface area (Å²) >= 11 is 0. The highest BCUT2D eigenvalue weighted by atomic mass is 19.1. The number of anilines is 2. The maximum Gasteiger partial charge on any atom is 0.414 e. The number of nitrogens with two attached hydrogens (primary N) is 1. The normalized spacial score (nSPS) is 21.1.